The molecule has 5 unspecified atom stereocenters. The van der Waals surface area contributed by atoms with Gasteiger partial charge >= 0.3 is 0 Å². The quantitative estimate of drug-likeness (QED) is 0.612. The second kappa shape index (κ2) is 5.30. The second-order valence-corrected chi connectivity index (χ2v) is 7.69. The van der Waals surface area contributed by atoms with Crippen molar-refractivity contribution in [3.63, 3.8) is 0 Å². The van der Waals surface area contributed by atoms with E-state index in [9.17, 15) is 9.59 Å². The highest BCUT2D eigenvalue weighted by Crippen LogP contribution is 2.54. The van der Waals surface area contributed by atoms with Gasteiger partial charge in [-0.25, -0.2) is 5.06 Å². The van der Waals surface area contributed by atoms with Gasteiger partial charge in [-0.05, 0) is 42.5 Å². The standard InChI is InChI=1S/C22H18N2O3/c25-21-14-8-4-5-9-15(14)22(26)23(21)20-17-12-16(17)18-10-11-19(20)27-24(18)13-6-2-1-3-7-13/h1-11,16-20H,12H2. The van der Waals surface area contributed by atoms with Gasteiger partial charge < -0.3 is 0 Å². The maximum Gasteiger partial charge on any atom is 0.261 e. The Balaban J connectivity index is 1.39. The molecular weight excluding hydrogens is 340 g/mol. The van der Waals surface area contributed by atoms with Crippen molar-refractivity contribution in [1.82, 2.24) is 4.90 Å². The van der Waals surface area contributed by atoms with Gasteiger partial charge in [-0.3, -0.25) is 19.3 Å². The first-order chi connectivity index (χ1) is 13.2. The first-order valence-corrected chi connectivity index (χ1v) is 9.40. The van der Waals surface area contributed by atoms with Gasteiger partial charge in [-0.2, -0.15) is 0 Å². The molecule has 2 bridgehead atoms. The van der Waals surface area contributed by atoms with Gasteiger partial charge in [0, 0.05) is 0 Å². The van der Waals surface area contributed by atoms with Gasteiger partial charge in [0.2, 0.25) is 0 Å². The molecule has 0 N–H and O–H groups in total. The van der Waals surface area contributed by atoms with Crippen molar-refractivity contribution in [2.45, 2.75) is 24.6 Å². The number of carbonyl (C=O) groups is 2. The van der Waals surface area contributed by atoms with Crippen LogP contribution in [-0.4, -0.2) is 34.9 Å². The van der Waals surface area contributed by atoms with Crippen LogP contribution in [0, 0.1) is 11.8 Å². The fourth-order valence-electron chi connectivity index (χ4n) is 4.92. The summed E-state index contributed by atoms with van der Waals surface area (Å²) in [6.45, 7) is 0. The summed E-state index contributed by atoms with van der Waals surface area (Å²) in [4.78, 5) is 33.8. The number of nitrogens with zero attached hydrogens (tertiary/aromatic N) is 2. The Morgan fingerprint density at radius 3 is 2.19 bits per heavy atom. The number of hydroxylamine groups is 1. The van der Waals surface area contributed by atoms with Gasteiger partial charge in [0.15, 0.2) is 0 Å². The highest BCUT2D eigenvalue weighted by atomic mass is 16.7. The van der Waals surface area contributed by atoms with Gasteiger partial charge in [-0.1, -0.05) is 42.5 Å². The van der Waals surface area contributed by atoms with E-state index < -0.39 is 0 Å². The van der Waals surface area contributed by atoms with Crippen LogP contribution >= 0.6 is 0 Å². The van der Waals surface area contributed by atoms with Crippen LogP contribution in [-0.2, 0) is 4.84 Å². The molecule has 7 rings (SSSR count). The number of para-hydroxylation sites is 1. The summed E-state index contributed by atoms with van der Waals surface area (Å²) in [5, 5.41) is 1.97. The first kappa shape index (κ1) is 15.2. The molecule has 1 saturated heterocycles. The van der Waals surface area contributed by atoms with Crippen LogP contribution in [0.4, 0.5) is 5.69 Å². The molecule has 2 aromatic rings. The molecule has 0 aromatic heterocycles. The molecule has 2 amide bonds. The molecule has 5 aliphatic rings. The van der Waals surface area contributed by atoms with Crippen molar-refractivity contribution in [3.8, 4) is 0 Å². The van der Waals surface area contributed by atoms with Crippen LogP contribution in [0.2, 0.25) is 0 Å². The average Bonchev–Trinajstić information content (AvgIpc) is 3.49. The van der Waals surface area contributed by atoms with Crippen LogP contribution in [0.25, 0.3) is 0 Å². The average molecular weight is 358 g/mol. The topological polar surface area (TPSA) is 49.9 Å². The highest BCUT2D eigenvalue weighted by molar-refractivity contribution is 6.21. The monoisotopic (exact) mass is 358 g/mol. The third-order valence-corrected chi connectivity index (χ3v) is 6.24. The number of rotatable bonds is 2. The molecule has 3 aliphatic heterocycles. The summed E-state index contributed by atoms with van der Waals surface area (Å²) >= 11 is 0. The fourth-order valence-corrected chi connectivity index (χ4v) is 4.92. The summed E-state index contributed by atoms with van der Waals surface area (Å²) in [5.41, 5.74) is 2.01. The smallest absolute Gasteiger partial charge is 0.261 e. The number of amides is 2. The van der Waals surface area contributed by atoms with E-state index in [-0.39, 0.29) is 35.9 Å². The Labute approximate surface area is 156 Å². The van der Waals surface area contributed by atoms with Gasteiger partial charge in [0.25, 0.3) is 11.8 Å². The van der Waals surface area contributed by atoms with Crippen molar-refractivity contribution in [1.29, 1.82) is 0 Å². The summed E-state index contributed by atoms with van der Waals surface area (Å²) in [6, 6.07) is 17.0. The van der Waals surface area contributed by atoms with E-state index in [0.717, 1.165) is 12.1 Å². The zero-order valence-corrected chi connectivity index (χ0v) is 14.6. The van der Waals surface area contributed by atoms with E-state index in [0.29, 0.717) is 17.0 Å². The molecule has 0 radical (unpaired) electrons. The molecular formula is C22H18N2O3. The summed E-state index contributed by atoms with van der Waals surface area (Å²) in [6.07, 6.45) is 4.91. The SMILES string of the molecule is O=C1c2ccccc2C(=O)N1C1C2C=CC(C3CC31)N(c1ccccc1)O2. The molecule has 5 nitrogen and oxygen atoms in total. The third-order valence-electron chi connectivity index (χ3n) is 6.24. The number of hydrogen-bond acceptors (Lipinski definition) is 4. The van der Waals surface area contributed by atoms with E-state index in [2.05, 4.69) is 6.08 Å². The van der Waals surface area contributed by atoms with Crippen molar-refractivity contribution in [2.75, 3.05) is 5.06 Å². The molecule has 5 atom stereocenters. The Bertz CT molecular complexity index is 951. The lowest BCUT2D eigenvalue weighted by atomic mass is 10.0. The van der Waals surface area contributed by atoms with Crippen molar-refractivity contribution in [2.24, 2.45) is 11.8 Å². The molecule has 0 spiro atoms. The van der Waals surface area contributed by atoms with Crippen molar-refractivity contribution >= 4 is 17.5 Å². The van der Waals surface area contributed by atoms with Crippen LogP contribution in [0.15, 0.2) is 66.7 Å². The molecule has 3 heterocycles. The van der Waals surface area contributed by atoms with Crippen LogP contribution in [0.3, 0.4) is 0 Å². The minimum atomic E-state index is -0.318. The highest BCUT2D eigenvalue weighted by Gasteiger charge is 2.60. The predicted octanol–water partition coefficient (Wildman–Crippen LogP) is 3.05. The maximum absolute atomic E-state index is 13.0. The van der Waals surface area contributed by atoms with Gasteiger partial charge in [0.1, 0.15) is 6.10 Å². The Morgan fingerprint density at radius 1 is 0.815 bits per heavy atom. The number of fused-ring (bicyclic) bond motifs is 2. The number of carbonyl (C=O) groups excluding carboxylic acids is 2. The van der Waals surface area contributed by atoms with E-state index in [1.165, 1.54) is 4.90 Å². The molecule has 2 aliphatic carbocycles. The summed E-state index contributed by atoms with van der Waals surface area (Å²) in [7, 11) is 0. The number of imide groups is 1. The molecule has 1 saturated carbocycles. The molecule has 2 aromatic carbocycles. The van der Waals surface area contributed by atoms with E-state index in [1.807, 2.05) is 41.5 Å². The Morgan fingerprint density at radius 2 is 1.48 bits per heavy atom. The van der Waals surface area contributed by atoms with Gasteiger partial charge in [-0.15, -0.1) is 0 Å². The molecule has 134 valence electrons. The number of benzene rings is 2. The predicted molar refractivity (Wildman–Crippen MR) is 99.0 cm³/mol. The maximum atomic E-state index is 13.0. The summed E-state index contributed by atoms with van der Waals surface area (Å²) < 4.78 is 0. The lowest BCUT2D eigenvalue weighted by Gasteiger charge is -2.38. The van der Waals surface area contributed by atoms with Gasteiger partial charge in [0.05, 0.1) is 28.9 Å². The van der Waals surface area contributed by atoms with Crippen molar-refractivity contribution in [3.05, 3.63) is 77.9 Å². The van der Waals surface area contributed by atoms with Crippen LogP contribution in [0.5, 0.6) is 0 Å². The first-order valence-electron chi connectivity index (χ1n) is 9.40. The van der Waals surface area contributed by atoms with Crippen LogP contribution in [0.1, 0.15) is 27.1 Å². The lowest BCUT2D eigenvalue weighted by molar-refractivity contribution is -0.00174. The number of hydrogen-bond donors (Lipinski definition) is 0. The number of anilines is 1. The molecule has 5 heteroatoms. The van der Waals surface area contributed by atoms with E-state index >= 15 is 0 Å². The normalized spacial score (nSPS) is 33.1. The van der Waals surface area contributed by atoms with Crippen molar-refractivity contribution < 1.29 is 14.4 Å². The third kappa shape index (κ3) is 2.03. The van der Waals surface area contributed by atoms with E-state index in [4.69, 9.17) is 4.84 Å². The largest absolute Gasteiger partial charge is 0.269 e. The lowest BCUT2D eigenvalue weighted by Crippen LogP contribution is -2.50. The Hall–Kier alpha value is -2.92. The molecule has 2 fully saturated rings. The minimum Gasteiger partial charge on any atom is -0.269 e. The minimum absolute atomic E-state index is 0.147. The second-order valence-electron chi connectivity index (χ2n) is 7.69. The zero-order chi connectivity index (χ0) is 18.1. The molecule has 27 heavy (non-hydrogen) atoms. The zero-order valence-electron chi connectivity index (χ0n) is 14.6. The van der Waals surface area contributed by atoms with E-state index in [1.54, 1.807) is 24.3 Å². The van der Waals surface area contributed by atoms with Crippen LogP contribution < -0.4 is 5.06 Å². The Kier molecular flexibility index (Phi) is 2.98. The summed E-state index contributed by atoms with van der Waals surface area (Å²) in [5.74, 6) is 0.286. The fraction of sp³-hybridized carbons (Fsp3) is 0.273.